The molecule has 1 saturated heterocycles. The van der Waals surface area contributed by atoms with Gasteiger partial charge in [-0.3, -0.25) is 4.99 Å². The molecule has 1 fully saturated rings. The lowest BCUT2D eigenvalue weighted by molar-refractivity contribution is -0.274. The fourth-order valence-electron chi connectivity index (χ4n) is 2.19. The van der Waals surface area contributed by atoms with Gasteiger partial charge >= 0.3 is 6.36 Å². The second-order valence-electron chi connectivity index (χ2n) is 5.00. The van der Waals surface area contributed by atoms with Gasteiger partial charge in [-0.1, -0.05) is 12.1 Å². The number of guanidine groups is 1. The maximum atomic E-state index is 12.3. The fourth-order valence-corrected chi connectivity index (χ4v) is 3.70. The van der Waals surface area contributed by atoms with Crippen molar-refractivity contribution in [2.45, 2.75) is 12.8 Å². The number of anilines is 1. The Labute approximate surface area is 160 Å². The third kappa shape index (κ3) is 6.86. The summed E-state index contributed by atoms with van der Waals surface area (Å²) >= 11 is 0. The van der Waals surface area contributed by atoms with Crippen molar-refractivity contribution in [1.29, 1.82) is 0 Å². The molecular formula is C13H18F3IN4O3S. The highest BCUT2D eigenvalue weighted by Crippen LogP contribution is 2.29. The lowest BCUT2D eigenvalue weighted by atomic mass is 10.3. The van der Waals surface area contributed by atoms with Gasteiger partial charge in [0.05, 0.1) is 18.0 Å². The minimum absolute atomic E-state index is 0. The van der Waals surface area contributed by atoms with Gasteiger partial charge in [0.25, 0.3) is 0 Å². The van der Waals surface area contributed by atoms with Crippen LogP contribution in [0.2, 0.25) is 0 Å². The lowest BCUT2D eigenvalue weighted by Gasteiger charge is -2.15. The molecule has 0 atom stereocenters. The number of sulfonamides is 1. The van der Waals surface area contributed by atoms with Crippen molar-refractivity contribution in [2.24, 2.45) is 10.7 Å². The molecule has 0 spiro atoms. The molecular weight excluding hydrogens is 476 g/mol. The van der Waals surface area contributed by atoms with Gasteiger partial charge in [0.2, 0.25) is 10.0 Å². The molecule has 7 nitrogen and oxygen atoms in total. The first kappa shape index (κ1) is 21.8. The van der Waals surface area contributed by atoms with Crippen molar-refractivity contribution in [3.8, 4) is 5.75 Å². The number of alkyl halides is 3. The molecule has 2 rings (SSSR count). The summed E-state index contributed by atoms with van der Waals surface area (Å²) in [5, 5.41) is 2.51. The smallest absolute Gasteiger partial charge is 0.404 e. The molecule has 1 aromatic rings. The minimum Gasteiger partial charge on any atom is -0.404 e. The largest absolute Gasteiger partial charge is 0.573 e. The molecule has 142 valence electrons. The number of nitrogens with zero attached hydrogens (tertiary/aromatic N) is 2. The summed E-state index contributed by atoms with van der Waals surface area (Å²) in [6.45, 7) is 0.708. The van der Waals surface area contributed by atoms with Crippen LogP contribution in [-0.2, 0) is 10.0 Å². The van der Waals surface area contributed by atoms with Crippen molar-refractivity contribution in [3.63, 3.8) is 0 Å². The Balaban J connectivity index is 0.00000312. The number of ether oxygens (including phenoxy) is 1. The molecule has 1 aliphatic heterocycles. The molecule has 0 unspecified atom stereocenters. The number of rotatable bonds is 5. The molecule has 1 heterocycles. The Morgan fingerprint density at radius 3 is 2.64 bits per heavy atom. The monoisotopic (exact) mass is 494 g/mol. The normalized spacial score (nSPS) is 17.8. The van der Waals surface area contributed by atoms with Crippen LogP contribution in [0.5, 0.6) is 5.75 Å². The zero-order valence-electron chi connectivity index (χ0n) is 13.0. The van der Waals surface area contributed by atoms with Gasteiger partial charge in [0.15, 0.2) is 11.7 Å². The number of hydrogen-bond acceptors (Lipinski definition) is 4. The molecule has 0 aromatic heterocycles. The Morgan fingerprint density at radius 1 is 1.36 bits per heavy atom. The number of nitrogens with one attached hydrogen (secondary N) is 1. The molecule has 0 radical (unpaired) electrons. The van der Waals surface area contributed by atoms with E-state index in [-0.39, 0.29) is 54.5 Å². The third-order valence-electron chi connectivity index (χ3n) is 3.21. The lowest BCUT2D eigenvalue weighted by Crippen LogP contribution is -2.30. The minimum atomic E-state index is -4.83. The zero-order valence-corrected chi connectivity index (χ0v) is 16.1. The molecule has 0 aliphatic carbocycles. The number of hydrogen-bond donors (Lipinski definition) is 2. The van der Waals surface area contributed by atoms with E-state index in [1.54, 1.807) is 0 Å². The van der Waals surface area contributed by atoms with Crippen LogP contribution in [0.1, 0.15) is 6.42 Å². The third-order valence-corrected chi connectivity index (χ3v) is 5.17. The summed E-state index contributed by atoms with van der Waals surface area (Å²) in [4.78, 5) is 3.93. The van der Waals surface area contributed by atoms with Gasteiger partial charge < -0.3 is 15.8 Å². The van der Waals surface area contributed by atoms with E-state index >= 15 is 0 Å². The average molecular weight is 494 g/mol. The predicted octanol–water partition coefficient (Wildman–Crippen LogP) is 1.97. The van der Waals surface area contributed by atoms with Crippen LogP contribution < -0.4 is 15.8 Å². The Hall–Kier alpha value is -1.28. The Kier molecular flexibility index (Phi) is 7.74. The van der Waals surface area contributed by atoms with Crippen LogP contribution >= 0.6 is 24.0 Å². The number of aliphatic imine (C=N–C) groups is 1. The highest BCUT2D eigenvalue weighted by molar-refractivity contribution is 14.0. The van der Waals surface area contributed by atoms with Crippen LogP contribution in [0, 0.1) is 0 Å². The van der Waals surface area contributed by atoms with Gasteiger partial charge in [-0.05, 0) is 18.6 Å². The molecule has 0 amide bonds. The van der Waals surface area contributed by atoms with Gasteiger partial charge in [-0.25, -0.2) is 12.7 Å². The van der Waals surface area contributed by atoms with E-state index < -0.39 is 22.1 Å². The van der Waals surface area contributed by atoms with Crippen LogP contribution in [0.3, 0.4) is 0 Å². The number of para-hydroxylation sites is 2. The molecule has 1 aliphatic rings. The van der Waals surface area contributed by atoms with Crippen LogP contribution in [0.15, 0.2) is 29.3 Å². The maximum Gasteiger partial charge on any atom is 0.573 e. The van der Waals surface area contributed by atoms with E-state index in [1.165, 1.54) is 22.5 Å². The summed E-state index contributed by atoms with van der Waals surface area (Å²) < 4.78 is 65.4. The molecule has 12 heteroatoms. The quantitative estimate of drug-likeness (QED) is 0.371. The summed E-state index contributed by atoms with van der Waals surface area (Å²) in [6, 6.07) is 5.39. The predicted molar refractivity (Wildman–Crippen MR) is 98.6 cm³/mol. The maximum absolute atomic E-state index is 12.3. The van der Waals surface area contributed by atoms with Crippen LogP contribution in [0.25, 0.3) is 0 Å². The second kappa shape index (κ2) is 8.89. The topological polar surface area (TPSA) is 97.0 Å². The molecule has 0 bridgehead atoms. The summed E-state index contributed by atoms with van der Waals surface area (Å²) in [5.41, 5.74) is 5.63. The highest BCUT2D eigenvalue weighted by atomic mass is 127. The van der Waals surface area contributed by atoms with Crippen LogP contribution in [-0.4, -0.2) is 50.4 Å². The number of halogens is 4. The number of nitrogens with two attached hydrogens (primary N) is 1. The first-order valence-electron chi connectivity index (χ1n) is 7.07. The highest BCUT2D eigenvalue weighted by Gasteiger charge is 2.32. The second-order valence-corrected chi connectivity index (χ2v) is 7.09. The van der Waals surface area contributed by atoms with Crippen molar-refractivity contribution in [2.75, 3.05) is 30.7 Å². The van der Waals surface area contributed by atoms with Gasteiger partial charge in [0.1, 0.15) is 0 Å². The zero-order chi connectivity index (χ0) is 17.8. The molecule has 3 N–H and O–H groups in total. The van der Waals surface area contributed by atoms with Gasteiger partial charge in [0, 0.05) is 13.1 Å². The van der Waals surface area contributed by atoms with Crippen molar-refractivity contribution < 1.29 is 26.3 Å². The van der Waals surface area contributed by atoms with E-state index in [0.717, 1.165) is 6.07 Å². The van der Waals surface area contributed by atoms with Crippen LogP contribution in [0.4, 0.5) is 18.9 Å². The number of benzene rings is 1. The average Bonchev–Trinajstić information content (AvgIpc) is 2.79. The first-order chi connectivity index (χ1) is 11.2. The molecule has 25 heavy (non-hydrogen) atoms. The van der Waals surface area contributed by atoms with E-state index in [4.69, 9.17) is 5.73 Å². The van der Waals surface area contributed by atoms with E-state index in [2.05, 4.69) is 15.0 Å². The summed E-state index contributed by atoms with van der Waals surface area (Å²) in [5.74, 6) is -0.456. The van der Waals surface area contributed by atoms with Gasteiger partial charge in [-0.2, -0.15) is 0 Å². The Bertz CT molecular complexity index is 713. The van der Waals surface area contributed by atoms with Crippen molar-refractivity contribution in [1.82, 2.24) is 4.31 Å². The Morgan fingerprint density at radius 2 is 2.04 bits per heavy atom. The van der Waals surface area contributed by atoms with E-state index in [9.17, 15) is 21.6 Å². The SMILES string of the molecule is I.NC(=NCCN1CCCS1(=O)=O)Nc1ccccc1OC(F)(F)F. The standard InChI is InChI=1S/C13H17F3N4O3S.HI/c14-13(15,16)23-11-5-2-1-4-10(11)19-12(17)18-6-8-20-7-3-9-24(20,21)22;/h1-2,4-5H,3,6-9H2,(H3,17,18,19);1H. The van der Waals surface area contributed by atoms with Crippen molar-refractivity contribution in [3.05, 3.63) is 24.3 Å². The first-order valence-corrected chi connectivity index (χ1v) is 8.68. The summed E-state index contributed by atoms with van der Waals surface area (Å²) in [7, 11) is -3.21. The van der Waals surface area contributed by atoms with Crippen molar-refractivity contribution >= 4 is 45.6 Å². The van der Waals surface area contributed by atoms with Gasteiger partial charge in [-0.15, -0.1) is 37.1 Å². The fraction of sp³-hybridized carbons (Fsp3) is 0.462. The molecule has 0 saturated carbocycles. The molecule has 1 aromatic carbocycles. The van der Waals surface area contributed by atoms with E-state index in [1.807, 2.05) is 0 Å². The summed E-state index contributed by atoms with van der Waals surface area (Å²) in [6.07, 6.45) is -4.25. The van der Waals surface area contributed by atoms with E-state index in [0.29, 0.717) is 13.0 Å².